The van der Waals surface area contributed by atoms with Crippen molar-refractivity contribution in [3.05, 3.63) is 94.8 Å². The molecule has 1 fully saturated rings. The number of piperazine rings is 1. The predicted octanol–water partition coefficient (Wildman–Crippen LogP) is 5.80. The normalized spacial score (nSPS) is 19.4. The standard InChI is InChI=1S/C33H34N6O2/c1-21-20-38(29-24-10-6-7-11-25(24)31(40)37(5)28-13-9-8-12-26(28)29)16-17-39(21)27-15-14-22(18-23(27)19-34)30-35-32(36-41-30)33(2,3)4/h6-15,18,21,29H,16-17,20H2,1-5H3/t21-,29?/m1/s1. The van der Waals surface area contributed by atoms with E-state index < -0.39 is 0 Å². The summed E-state index contributed by atoms with van der Waals surface area (Å²) in [5.74, 6) is 1.06. The van der Waals surface area contributed by atoms with E-state index in [1.807, 2.05) is 82.4 Å². The highest BCUT2D eigenvalue weighted by molar-refractivity contribution is 6.08. The second-order valence-electron chi connectivity index (χ2n) is 12.0. The topological polar surface area (TPSA) is 89.5 Å². The van der Waals surface area contributed by atoms with Gasteiger partial charge >= 0.3 is 0 Å². The monoisotopic (exact) mass is 546 g/mol. The number of amides is 1. The lowest BCUT2D eigenvalue weighted by molar-refractivity contribution is 0.0992. The van der Waals surface area contributed by atoms with Crippen LogP contribution in [-0.4, -0.2) is 53.7 Å². The molecule has 8 heteroatoms. The third kappa shape index (κ3) is 4.66. The summed E-state index contributed by atoms with van der Waals surface area (Å²) in [6, 6.07) is 24.4. The number of carbonyl (C=O) groups is 1. The van der Waals surface area contributed by atoms with Crippen LogP contribution < -0.4 is 9.80 Å². The summed E-state index contributed by atoms with van der Waals surface area (Å²) in [5, 5.41) is 14.2. The molecule has 0 radical (unpaired) electrons. The number of nitrogens with zero attached hydrogens (tertiary/aromatic N) is 6. The van der Waals surface area contributed by atoms with E-state index in [-0.39, 0.29) is 23.4 Å². The van der Waals surface area contributed by atoms with Crippen molar-refractivity contribution >= 4 is 17.3 Å². The molecule has 0 aliphatic carbocycles. The minimum Gasteiger partial charge on any atom is -0.365 e. The molecule has 3 aromatic carbocycles. The Morgan fingerprint density at radius 3 is 2.41 bits per heavy atom. The van der Waals surface area contributed by atoms with Crippen molar-refractivity contribution in [3.63, 3.8) is 0 Å². The van der Waals surface area contributed by atoms with Gasteiger partial charge in [-0.15, -0.1) is 0 Å². The Hall–Kier alpha value is -4.48. The Kier molecular flexibility index (Phi) is 6.63. The van der Waals surface area contributed by atoms with Crippen molar-refractivity contribution in [2.24, 2.45) is 0 Å². The lowest BCUT2D eigenvalue weighted by Crippen LogP contribution is -2.53. The fourth-order valence-corrected chi connectivity index (χ4v) is 6.04. The molecule has 0 bridgehead atoms. The van der Waals surface area contributed by atoms with E-state index in [0.29, 0.717) is 17.3 Å². The first-order valence-electron chi connectivity index (χ1n) is 14.0. The summed E-state index contributed by atoms with van der Waals surface area (Å²) in [4.78, 5) is 24.5. The third-order valence-corrected chi connectivity index (χ3v) is 8.18. The SMILES string of the molecule is C[C@@H]1CN(C2c3ccccc3C(=O)N(C)c3ccccc32)CCN1c1ccc(-c2nc(C(C)(C)C)no2)cc1C#N. The maximum atomic E-state index is 13.4. The minimum absolute atomic E-state index is 0.0110. The van der Waals surface area contributed by atoms with Gasteiger partial charge in [-0.05, 0) is 48.4 Å². The molecule has 0 N–H and O–H groups in total. The molecule has 6 rings (SSSR count). The third-order valence-electron chi connectivity index (χ3n) is 8.18. The Bertz CT molecular complexity index is 1660. The Balaban J connectivity index is 1.30. The van der Waals surface area contributed by atoms with E-state index in [9.17, 15) is 10.1 Å². The van der Waals surface area contributed by atoms with Gasteiger partial charge in [-0.3, -0.25) is 9.69 Å². The number of hydrogen-bond acceptors (Lipinski definition) is 7. The molecule has 1 amide bonds. The van der Waals surface area contributed by atoms with Crippen molar-refractivity contribution in [2.45, 2.75) is 45.2 Å². The predicted molar refractivity (Wildman–Crippen MR) is 159 cm³/mol. The zero-order valence-corrected chi connectivity index (χ0v) is 24.1. The first-order chi connectivity index (χ1) is 19.7. The van der Waals surface area contributed by atoms with Crippen molar-refractivity contribution in [3.8, 4) is 17.5 Å². The van der Waals surface area contributed by atoms with Crippen molar-refractivity contribution in [2.75, 3.05) is 36.5 Å². The maximum Gasteiger partial charge on any atom is 0.258 e. The van der Waals surface area contributed by atoms with E-state index in [1.165, 1.54) is 0 Å². The van der Waals surface area contributed by atoms with Gasteiger partial charge in [0.1, 0.15) is 6.07 Å². The number of hydrogen-bond donors (Lipinski definition) is 0. The fraction of sp³-hybridized carbons (Fsp3) is 0.333. The highest BCUT2D eigenvalue weighted by atomic mass is 16.5. The molecule has 2 aliphatic heterocycles. The first-order valence-corrected chi connectivity index (χ1v) is 14.0. The highest BCUT2D eigenvalue weighted by Crippen LogP contribution is 2.41. The van der Waals surface area contributed by atoms with Crippen LogP contribution in [0.1, 0.15) is 66.6 Å². The first kappa shape index (κ1) is 26.7. The molecule has 1 saturated heterocycles. The van der Waals surface area contributed by atoms with Crippen LogP contribution in [0.25, 0.3) is 11.5 Å². The smallest absolute Gasteiger partial charge is 0.258 e. The van der Waals surface area contributed by atoms with Gasteiger partial charge in [0.15, 0.2) is 5.82 Å². The molecule has 2 aliphatic rings. The molecule has 4 aromatic rings. The zero-order chi connectivity index (χ0) is 28.9. The van der Waals surface area contributed by atoms with E-state index in [1.54, 1.807) is 4.90 Å². The van der Waals surface area contributed by atoms with Crippen LogP contribution in [0.3, 0.4) is 0 Å². The summed E-state index contributed by atoms with van der Waals surface area (Å²) in [6.07, 6.45) is 0. The van der Waals surface area contributed by atoms with Gasteiger partial charge in [0.2, 0.25) is 0 Å². The number of nitriles is 1. The fourth-order valence-electron chi connectivity index (χ4n) is 6.04. The van der Waals surface area contributed by atoms with E-state index in [4.69, 9.17) is 4.52 Å². The van der Waals surface area contributed by atoms with Gasteiger partial charge in [-0.25, -0.2) is 0 Å². The quantitative estimate of drug-likeness (QED) is 0.321. The largest absolute Gasteiger partial charge is 0.365 e. The molecule has 3 heterocycles. The van der Waals surface area contributed by atoms with E-state index in [0.717, 1.165) is 53.3 Å². The molecular formula is C33H34N6O2. The maximum absolute atomic E-state index is 13.4. The van der Waals surface area contributed by atoms with E-state index in [2.05, 4.69) is 45.1 Å². The van der Waals surface area contributed by atoms with Crippen LogP contribution in [0.2, 0.25) is 0 Å². The van der Waals surface area contributed by atoms with Crippen LogP contribution >= 0.6 is 0 Å². The average molecular weight is 547 g/mol. The molecule has 41 heavy (non-hydrogen) atoms. The highest BCUT2D eigenvalue weighted by Gasteiger charge is 2.37. The molecule has 208 valence electrons. The molecule has 2 atom stereocenters. The minimum atomic E-state index is -0.226. The van der Waals surface area contributed by atoms with Gasteiger partial charge < -0.3 is 14.3 Å². The second-order valence-corrected chi connectivity index (χ2v) is 12.0. The Morgan fingerprint density at radius 2 is 1.71 bits per heavy atom. The Labute approximate surface area is 240 Å². The van der Waals surface area contributed by atoms with Gasteiger partial charge in [-0.1, -0.05) is 62.3 Å². The molecule has 8 nitrogen and oxygen atoms in total. The Morgan fingerprint density at radius 1 is 0.976 bits per heavy atom. The van der Waals surface area contributed by atoms with Gasteiger partial charge in [0.05, 0.1) is 17.3 Å². The van der Waals surface area contributed by atoms with Crippen molar-refractivity contribution < 1.29 is 9.32 Å². The number of benzene rings is 3. The van der Waals surface area contributed by atoms with Crippen LogP contribution in [-0.2, 0) is 5.41 Å². The summed E-state index contributed by atoms with van der Waals surface area (Å²) < 4.78 is 5.53. The van der Waals surface area contributed by atoms with Gasteiger partial charge in [0.25, 0.3) is 11.8 Å². The van der Waals surface area contributed by atoms with Crippen LogP contribution in [0.4, 0.5) is 11.4 Å². The number of aromatic nitrogens is 2. The number of carbonyl (C=O) groups excluding carboxylic acids is 1. The molecule has 1 unspecified atom stereocenters. The van der Waals surface area contributed by atoms with Crippen LogP contribution in [0, 0.1) is 11.3 Å². The number of fused-ring (bicyclic) bond motifs is 2. The molecular weight excluding hydrogens is 512 g/mol. The number of rotatable bonds is 3. The van der Waals surface area contributed by atoms with Crippen molar-refractivity contribution in [1.82, 2.24) is 15.0 Å². The summed E-state index contributed by atoms with van der Waals surface area (Å²) in [7, 11) is 1.85. The van der Waals surface area contributed by atoms with E-state index >= 15 is 0 Å². The summed E-state index contributed by atoms with van der Waals surface area (Å²) in [6.45, 7) is 10.6. The summed E-state index contributed by atoms with van der Waals surface area (Å²) in [5.41, 5.74) is 5.83. The van der Waals surface area contributed by atoms with Crippen molar-refractivity contribution in [1.29, 1.82) is 5.26 Å². The summed E-state index contributed by atoms with van der Waals surface area (Å²) >= 11 is 0. The second kappa shape index (κ2) is 10.2. The van der Waals surface area contributed by atoms with Gasteiger partial charge in [-0.2, -0.15) is 10.2 Å². The lowest BCUT2D eigenvalue weighted by atomic mass is 9.92. The van der Waals surface area contributed by atoms with Crippen LogP contribution in [0.15, 0.2) is 71.3 Å². The molecule has 1 aromatic heterocycles. The number of para-hydroxylation sites is 1. The van der Waals surface area contributed by atoms with Gasteiger partial charge in [0, 0.05) is 55.0 Å². The molecule has 0 spiro atoms. The average Bonchev–Trinajstić information content (AvgIpc) is 3.46. The van der Waals surface area contributed by atoms with Crippen LogP contribution in [0.5, 0.6) is 0 Å². The number of anilines is 2. The zero-order valence-electron chi connectivity index (χ0n) is 24.1. The lowest BCUT2D eigenvalue weighted by Gasteiger charge is -2.45. The molecule has 0 saturated carbocycles.